The zero-order valence-electron chi connectivity index (χ0n) is 10.4. The first-order valence-electron chi connectivity index (χ1n) is 5.92. The predicted octanol–water partition coefficient (Wildman–Crippen LogP) is 0.201. The predicted molar refractivity (Wildman–Crippen MR) is 64.2 cm³/mol. The smallest absolute Gasteiger partial charge is 0.229 e. The first kappa shape index (κ1) is 13.3. The van der Waals surface area contributed by atoms with Crippen molar-refractivity contribution < 1.29 is 24.8 Å². The molecule has 5 heteroatoms. The molecule has 0 spiro atoms. The minimum absolute atomic E-state index is 0.542. The van der Waals surface area contributed by atoms with Gasteiger partial charge in [-0.3, -0.25) is 0 Å². The quantitative estimate of drug-likeness (QED) is 0.702. The maximum absolute atomic E-state index is 9.78. The molecule has 0 amide bonds. The summed E-state index contributed by atoms with van der Waals surface area (Å²) in [7, 11) is 0. The number of ether oxygens (including phenoxy) is 2. The van der Waals surface area contributed by atoms with Crippen LogP contribution >= 0.6 is 0 Å². The van der Waals surface area contributed by atoms with Crippen molar-refractivity contribution in [2.45, 2.75) is 44.6 Å². The molecule has 0 bridgehead atoms. The standard InChI is InChI=1S/C13H18O5/c1-7-3-5-9(6-4-7)18-13-12(16)11(15)10(14)8(2)17-13/h3-6,8,10-16H,1-2H3/t8-,10?,11+,12+,13-/m0/s1. The first-order valence-corrected chi connectivity index (χ1v) is 5.92. The molecular formula is C13H18O5. The number of benzene rings is 1. The van der Waals surface area contributed by atoms with E-state index in [9.17, 15) is 15.3 Å². The molecule has 2 rings (SSSR count). The van der Waals surface area contributed by atoms with Gasteiger partial charge in [0, 0.05) is 0 Å². The van der Waals surface area contributed by atoms with Crippen LogP contribution < -0.4 is 4.74 Å². The summed E-state index contributed by atoms with van der Waals surface area (Å²) in [6.07, 6.45) is -5.25. The summed E-state index contributed by atoms with van der Waals surface area (Å²) in [5, 5.41) is 29.0. The molecule has 1 aliphatic rings. The van der Waals surface area contributed by atoms with Crippen molar-refractivity contribution in [3.63, 3.8) is 0 Å². The molecule has 1 fully saturated rings. The van der Waals surface area contributed by atoms with Gasteiger partial charge in [-0.1, -0.05) is 17.7 Å². The Kier molecular flexibility index (Phi) is 3.87. The minimum atomic E-state index is -1.28. The summed E-state index contributed by atoms with van der Waals surface area (Å²) in [6, 6.07) is 7.26. The fraction of sp³-hybridized carbons (Fsp3) is 0.538. The lowest BCUT2D eigenvalue weighted by atomic mass is 10.00. The van der Waals surface area contributed by atoms with Gasteiger partial charge in [-0.15, -0.1) is 0 Å². The molecule has 0 aliphatic carbocycles. The molecule has 1 aliphatic heterocycles. The molecule has 1 heterocycles. The van der Waals surface area contributed by atoms with E-state index < -0.39 is 30.7 Å². The maximum Gasteiger partial charge on any atom is 0.229 e. The Morgan fingerprint density at radius 1 is 1.00 bits per heavy atom. The van der Waals surface area contributed by atoms with Crippen molar-refractivity contribution in [3.05, 3.63) is 29.8 Å². The van der Waals surface area contributed by atoms with Crippen molar-refractivity contribution in [1.82, 2.24) is 0 Å². The van der Waals surface area contributed by atoms with E-state index in [1.165, 1.54) is 0 Å². The van der Waals surface area contributed by atoms with E-state index in [-0.39, 0.29) is 0 Å². The Balaban J connectivity index is 2.06. The molecule has 18 heavy (non-hydrogen) atoms. The van der Waals surface area contributed by atoms with Gasteiger partial charge in [0.05, 0.1) is 6.10 Å². The van der Waals surface area contributed by atoms with Crippen molar-refractivity contribution in [1.29, 1.82) is 0 Å². The molecule has 1 unspecified atom stereocenters. The average Bonchev–Trinajstić information content (AvgIpc) is 2.36. The van der Waals surface area contributed by atoms with Crippen LogP contribution in [0.3, 0.4) is 0 Å². The topological polar surface area (TPSA) is 79.2 Å². The summed E-state index contributed by atoms with van der Waals surface area (Å²) < 4.78 is 10.8. The number of rotatable bonds is 2. The van der Waals surface area contributed by atoms with E-state index in [2.05, 4.69) is 0 Å². The fourth-order valence-electron chi connectivity index (χ4n) is 1.86. The Hall–Kier alpha value is -1.14. The zero-order valence-corrected chi connectivity index (χ0v) is 10.4. The van der Waals surface area contributed by atoms with Gasteiger partial charge in [0.15, 0.2) is 0 Å². The van der Waals surface area contributed by atoms with Crippen LogP contribution in [0.2, 0.25) is 0 Å². The number of aryl methyl sites for hydroxylation is 1. The van der Waals surface area contributed by atoms with Crippen LogP contribution in [0.15, 0.2) is 24.3 Å². The lowest BCUT2D eigenvalue weighted by Gasteiger charge is -2.38. The van der Waals surface area contributed by atoms with E-state index in [0.29, 0.717) is 5.75 Å². The molecule has 1 aromatic carbocycles. The van der Waals surface area contributed by atoms with Crippen molar-refractivity contribution >= 4 is 0 Å². The van der Waals surface area contributed by atoms with Gasteiger partial charge >= 0.3 is 0 Å². The molecule has 100 valence electrons. The van der Waals surface area contributed by atoms with Gasteiger partial charge in [-0.05, 0) is 26.0 Å². The van der Waals surface area contributed by atoms with Crippen molar-refractivity contribution in [3.8, 4) is 5.75 Å². The van der Waals surface area contributed by atoms with Crippen LogP contribution in [-0.4, -0.2) is 46.0 Å². The highest BCUT2D eigenvalue weighted by molar-refractivity contribution is 5.26. The molecule has 1 aromatic rings. The van der Waals surface area contributed by atoms with Gasteiger partial charge in [0.1, 0.15) is 24.1 Å². The lowest BCUT2D eigenvalue weighted by molar-refractivity contribution is -0.268. The molecule has 0 saturated carbocycles. The normalized spacial score (nSPS) is 36.4. The highest BCUT2D eigenvalue weighted by Gasteiger charge is 2.43. The number of aliphatic hydroxyl groups excluding tert-OH is 3. The Morgan fingerprint density at radius 2 is 1.61 bits per heavy atom. The summed E-state index contributed by atoms with van der Waals surface area (Å²) in [6.45, 7) is 3.57. The van der Waals surface area contributed by atoms with Crippen LogP contribution in [0.4, 0.5) is 0 Å². The van der Waals surface area contributed by atoms with Crippen LogP contribution in [0.1, 0.15) is 12.5 Å². The van der Waals surface area contributed by atoms with Crippen molar-refractivity contribution in [2.75, 3.05) is 0 Å². The van der Waals surface area contributed by atoms with Crippen LogP contribution in [0.25, 0.3) is 0 Å². The molecular weight excluding hydrogens is 236 g/mol. The Morgan fingerprint density at radius 3 is 2.22 bits per heavy atom. The van der Waals surface area contributed by atoms with E-state index in [1.807, 2.05) is 19.1 Å². The third-order valence-electron chi connectivity index (χ3n) is 3.08. The average molecular weight is 254 g/mol. The van der Waals surface area contributed by atoms with Gasteiger partial charge in [0.2, 0.25) is 6.29 Å². The minimum Gasteiger partial charge on any atom is -0.462 e. The van der Waals surface area contributed by atoms with E-state index in [1.54, 1.807) is 19.1 Å². The number of hydrogen-bond donors (Lipinski definition) is 3. The first-order chi connectivity index (χ1) is 8.49. The van der Waals surface area contributed by atoms with Gasteiger partial charge in [0.25, 0.3) is 0 Å². The second kappa shape index (κ2) is 5.24. The van der Waals surface area contributed by atoms with E-state index in [0.717, 1.165) is 5.56 Å². The lowest BCUT2D eigenvalue weighted by Crippen LogP contribution is -2.58. The van der Waals surface area contributed by atoms with Gasteiger partial charge in [-0.2, -0.15) is 0 Å². The monoisotopic (exact) mass is 254 g/mol. The SMILES string of the molecule is Cc1ccc(O[C@@H]2O[C@@H](C)C(O)[C@@H](O)[C@H]2O)cc1. The van der Waals surface area contributed by atoms with Crippen LogP contribution in [0, 0.1) is 6.92 Å². The summed E-state index contributed by atoms with van der Waals surface area (Å²) >= 11 is 0. The summed E-state index contributed by atoms with van der Waals surface area (Å²) in [5.41, 5.74) is 1.09. The second-order valence-corrected chi connectivity index (χ2v) is 4.61. The number of hydrogen-bond acceptors (Lipinski definition) is 5. The largest absolute Gasteiger partial charge is 0.462 e. The van der Waals surface area contributed by atoms with Crippen molar-refractivity contribution in [2.24, 2.45) is 0 Å². The highest BCUT2D eigenvalue weighted by Crippen LogP contribution is 2.24. The Bertz CT molecular complexity index is 391. The molecule has 0 radical (unpaired) electrons. The third-order valence-corrected chi connectivity index (χ3v) is 3.08. The third kappa shape index (κ3) is 2.64. The fourth-order valence-corrected chi connectivity index (χ4v) is 1.86. The molecule has 5 atom stereocenters. The number of aliphatic hydroxyl groups is 3. The van der Waals surface area contributed by atoms with E-state index >= 15 is 0 Å². The van der Waals surface area contributed by atoms with Crippen LogP contribution in [-0.2, 0) is 4.74 Å². The summed E-state index contributed by atoms with van der Waals surface area (Å²) in [5.74, 6) is 0.542. The zero-order chi connectivity index (χ0) is 13.3. The maximum atomic E-state index is 9.78. The molecule has 1 saturated heterocycles. The highest BCUT2D eigenvalue weighted by atomic mass is 16.7. The van der Waals surface area contributed by atoms with Gasteiger partial charge in [-0.25, -0.2) is 0 Å². The molecule has 3 N–H and O–H groups in total. The van der Waals surface area contributed by atoms with E-state index in [4.69, 9.17) is 9.47 Å². The Labute approximate surface area is 106 Å². The second-order valence-electron chi connectivity index (χ2n) is 4.61. The molecule has 0 aromatic heterocycles. The summed E-state index contributed by atoms with van der Waals surface area (Å²) in [4.78, 5) is 0. The molecule has 5 nitrogen and oxygen atoms in total. The van der Waals surface area contributed by atoms with Crippen LogP contribution in [0.5, 0.6) is 5.75 Å². The van der Waals surface area contributed by atoms with Gasteiger partial charge < -0.3 is 24.8 Å².